The number of aliphatic hydroxyl groups excluding tert-OH is 1. The minimum Gasteiger partial charge on any atom is -0.393 e. The van der Waals surface area contributed by atoms with Gasteiger partial charge in [0.1, 0.15) is 0 Å². The molecule has 2 aromatic rings. The summed E-state index contributed by atoms with van der Waals surface area (Å²) in [5.74, 6) is 0. The van der Waals surface area contributed by atoms with Crippen LogP contribution < -0.4 is 5.69 Å². The Labute approximate surface area is 98.5 Å². The van der Waals surface area contributed by atoms with Crippen LogP contribution in [0.25, 0.3) is 5.65 Å². The molecule has 0 aliphatic rings. The van der Waals surface area contributed by atoms with E-state index >= 15 is 0 Å². The Kier molecular flexibility index (Phi) is 3.53. The molecule has 1 atom stereocenters. The quantitative estimate of drug-likeness (QED) is 0.817. The first kappa shape index (κ1) is 11.8. The van der Waals surface area contributed by atoms with Gasteiger partial charge < -0.3 is 5.11 Å². The molecule has 0 bridgehead atoms. The van der Waals surface area contributed by atoms with Crippen LogP contribution in [-0.4, -0.2) is 30.4 Å². The van der Waals surface area contributed by atoms with Crippen LogP contribution >= 0.6 is 0 Å². The average Bonchev–Trinajstić information content (AvgIpc) is 2.67. The van der Waals surface area contributed by atoms with E-state index in [1.54, 1.807) is 18.6 Å². The molecule has 2 heterocycles. The Morgan fingerprint density at radius 2 is 2.35 bits per heavy atom. The second-order valence-electron chi connectivity index (χ2n) is 4.01. The van der Waals surface area contributed by atoms with E-state index < -0.39 is 0 Å². The van der Waals surface area contributed by atoms with Gasteiger partial charge in [-0.3, -0.25) is 4.98 Å². The van der Waals surface area contributed by atoms with Crippen molar-refractivity contribution in [1.29, 1.82) is 0 Å². The molecular weight excluding hydrogens is 220 g/mol. The van der Waals surface area contributed by atoms with Gasteiger partial charge in [0.2, 0.25) is 0 Å². The van der Waals surface area contributed by atoms with Gasteiger partial charge in [-0.05, 0) is 19.3 Å². The molecule has 92 valence electrons. The Hall–Kier alpha value is -1.69. The Balaban J connectivity index is 2.09. The first-order valence-electron chi connectivity index (χ1n) is 5.79. The molecule has 2 rings (SSSR count). The van der Waals surface area contributed by atoms with Crippen molar-refractivity contribution in [1.82, 2.24) is 19.2 Å². The van der Waals surface area contributed by atoms with Crippen molar-refractivity contribution in [2.75, 3.05) is 0 Å². The molecule has 0 saturated carbocycles. The molecule has 0 aliphatic carbocycles. The van der Waals surface area contributed by atoms with Crippen LogP contribution in [0.2, 0.25) is 0 Å². The molecule has 0 spiro atoms. The van der Waals surface area contributed by atoms with Crippen LogP contribution in [0.15, 0.2) is 23.4 Å². The van der Waals surface area contributed by atoms with E-state index in [0.29, 0.717) is 18.6 Å². The summed E-state index contributed by atoms with van der Waals surface area (Å²) in [6, 6.07) is 0. The van der Waals surface area contributed by atoms with Gasteiger partial charge in [0.15, 0.2) is 5.65 Å². The number of hydrogen-bond acceptors (Lipinski definition) is 4. The van der Waals surface area contributed by atoms with Crippen LogP contribution in [0.3, 0.4) is 0 Å². The number of aromatic nitrogens is 4. The van der Waals surface area contributed by atoms with Crippen LogP contribution in [-0.2, 0) is 6.54 Å². The molecule has 1 unspecified atom stereocenters. The van der Waals surface area contributed by atoms with E-state index in [-0.39, 0.29) is 11.8 Å². The van der Waals surface area contributed by atoms with Gasteiger partial charge >= 0.3 is 5.69 Å². The molecule has 2 aromatic heterocycles. The Bertz CT molecular complexity index is 546. The molecule has 6 nitrogen and oxygen atoms in total. The zero-order valence-corrected chi connectivity index (χ0v) is 9.78. The lowest BCUT2D eigenvalue weighted by molar-refractivity contribution is 0.155. The molecule has 17 heavy (non-hydrogen) atoms. The molecule has 0 amide bonds. The molecule has 1 N–H and O–H groups in total. The smallest absolute Gasteiger partial charge is 0.350 e. The van der Waals surface area contributed by atoms with Gasteiger partial charge in [0.05, 0.1) is 12.3 Å². The number of hydrogen-bond donors (Lipinski definition) is 1. The summed E-state index contributed by atoms with van der Waals surface area (Å²) in [7, 11) is 0. The van der Waals surface area contributed by atoms with Crippen molar-refractivity contribution in [3.8, 4) is 0 Å². The summed E-state index contributed by atoms with van der Waals surface area (Å²) in [5, 5.41) is 13.6. The van der Waals surface area contributed by atoms with Gasteiger partial charge in [0, 0.05) is 18.9 Å². The lowest BCUT2D eigenvalue weighted by atomic mass is 10.1. The highest BCUT2D eigenvalue weighted by Gasteiger charge is 2.07. The molecule has 0 saturated heterocycles. The highest BCUT2D eigenvalue weighted by Crippen LogP contribution is 2.02. The van der Waals surface area contributed by atoms with Crippen LogP contribution in [0.1, 0.15) is 26.2 Å². The molecular formula is C11H16N4O2. The minimum atomic E-state index is -0.288. The third-order valence-electron chi connectivity index (χ3n) is 2.77. The fourth-order valence-electron chi connectivity index (χ4n) is 1.71. The van der Waals surface area contributed by atoms with Gasteiger partial charge in [-0.25, -0.2) is 13.9 Å². The van der Waals surface area contributed by atoms with Crippen LogP contribution in [0, 0.1) is 0 Å². The van der Waals surface area contributed by atoms with Gasteiger partial charge in [-0.15, -0.1) is 5.10 Å². The van der Waals surface area contributed by atoms with E-state index in [9.17, 15) is 9.90 Å². The van der Waals surface area contributed by atoms with Gasteiger partial charge in [-0.1, -0.05) is 6.92 Å². The van der Waals surface area contributed by atoms with Crippen LogP contribution in [0.5, 0.6) is 0 Å². The number of aliphatic hydroxyl groups is 1. The predicted molar refractivity (Wildman–Crippen MR) is 62.8 cm³/mol. The largest absolute Gasteiger partial charge is 0.393 e. The zero-order chi connectivity index (χ0) is 12.3. The monoisotopic (exact) mass is 236 g/mol. The minimum absolute atomic E-state index is 0.159. The zero-order valence-electron chi connectivity index (χ0n) is 9.78. The third kappa shape index (κ3) is 2.52. The first-order valence-corrected chi connectivity index (χ1v) is 5.79. The number of nitrogens with zero attached hydrogens (tertiary/aromatic N) is 4. The van der Waals surface area contributed by atoms with Crippen molar-refractivity contribution in [2.45, 2.75) is 38.8 Å². The van der Waals surface area contributed by atoms with Crippen molar-refractivity contribution in [3.05, 3.63) is 29.1 Å². The highest BCUT2D eigenvalue weighted by molar-refractivity contribution is 5.31. The number of rotatable bonds is 5. The second-order valence-corrected chi connectivity index (χ2v) is 4.01. The summed E-state index contributed by atoms with van der Waals surface area (Å²) >= 11 is 0. The maximum Gasteiger partial charge on any atom is 0.350 e. The normalized spacial score (nSPS) is 13.1. The number of fused-ring (bicyclic) bond motifs is 1. The van der Waals surface area contributed by atoms with E-state index in [1.165, 1.54) is 9.08 Å². The summed E-state index contributed by atoms with van der Waals surface area (Å²) in [6.45, 7) is 2.46. The lowest BCUT2D eigenvalue weighted by Gasteiger charge is -2.05. The maximum atomic E-state index is 11.8. The third-order valence-corrected chi connectivity index (χ3v) is 2.77. The summed E-state index contributed by atoms with van der Waals surface area (Å²) < 4.78 is 2.88. The summed E-state index contributed by atoms with van der Waals surface area (Å²) in [4.78, 5) is 15.8. The Morgan fingerprint density at radius 3 is 3.06 bits per heavy atom. The fourth-order valence-corrected chi connectivity index (χ4v) is 1.71. The van der Waals surface area contributed by atoms with Crippen molar-refractivity contribution in [2.24, 2.45) is 0 Å². The average molecular weight is 236 g/mol. The summed E-state index contributed by atoms with van der Waals surface area (Å²) in [6.07, 6.45) is 6.59. The summed E-state index contributed by atoms with van der Waals surface area (Å²) in [5.41, 5.74) is 0.391. The molecule has 0 radical (unpaired) electrons. The topological polar surface area (TPSA) is 72.4 Å². The van der Waals surface area contributed by atoms with E-state index in [2.05, 4.69) is 10.1 Å². The molecule has 0 aromatic carbocycles. The van der Waals surface area contributed by atoms with E-state index in [1.807, 2.05) is 6.92 Å². The van der Waals surface area contributed by atoms with E-state index in [0.717, 1.165) is 12.8 Å². The van der Waals surface area contributed by atoms with Gasteiger partial charge in [-0.2, -0.15) is 0 Å². The molecule has 0 fully saturated rings. The highest BCUT2D eigenvalue weighted by atomic mass is 16.3. The van der Waals surface area contributed by atoms with Crippen molar-refractivity contribution < 1.29 is 5.11 Å². The van der Waals surface area contributed by atoms with Crippen LogP contribution in [0.4, 0.5) is 0 Å². The standard InChI is InChI=1S/C11H16N4O2/c1-2-9(16)4-3-6-15-11(17)14-7-5-12-8-10(14)13-15/h5,7-9,16H,2-4,6H2,1H3. The number of aryl methyl sites for hydroxylation is 1. The van der Waals surface area contributed by atoms with Gasteiger partial charge in [0.25, 0.3) is 0 Å². The Morgan fingerprint density at radius 1 is 1.53 bits per heavy atom. The lowest BCUT2D eigenvalue weighted by Crippen LogP contribution is -2.21. The maximum absolute atomic E-state index is 11.8. The molecule has 6 heteroatoms. The second kappa shape index (κ2) is 5.09. The van der Waals surface area contributed by atoms with E-state index in [4.69, 9.17) is 0 Å². The van der Waals surface area contributed by atoms with Crippen molar-refractivity contribution in [3.63, 3.8) is 0 Å². The fraction of sp³-hybridized carbons (Fsp3) is 0.545. The predicted octanol–water partition coefficient (Wildman–Crippen LogP) is 0.442. The first-order chi connectivity index (χ1) is 8.22. The SMILES string of the molecule is CCC(O)CCCn1nc2cnccn2c1=O. The molecule has 0 aliphatic heterocycles. The van der Waals surface area contributed by atoms with Crippen molar-refractivity contribution >= 4 is 5.65 Å².